The van der Waals surface area contributed by atoms with Crippen LogP contribution in [0.1, 0.15) is 288 Å². The number of rotatable bonds is 29. The second-order valence-electron chi connectivity index (χ2n) is 40.9. The third-order valence-corrected chi connectivity index (χ3v) is 23.3. The molecule has 0 aromatic heterocycles. The van der Waals surface area contributed by atoms with Gasteiger partial charge in [-0.05, 0) is 281 Å². The number of aliphatic carboxylic acids is 1. The fourth-order valence-corrected chi connectivity index (χ4v) is 14.6. The number of ether oxygens (including phenoxy) is 6. The summed E-state index contributed by atoms with van der Waals surface area (Å²) in [6.45, 7) is 59.7. The van der Waals surface area contributed by atoms with Gasteiger partial charge in [-0.15, -0.1) is 0 Å². The van der Waals surface area contributed by atoms with E-state index < -0.39 is 39.9 Å². The number of carbonyl (C=O) groups excluding carboxylic acids is 9. The number of Topliss-reactive ketones (excluding diaryl/α,β-unsaturated/α-hetero) is 5. The summed E-state index contributed by atoms with van der Waals surface area (Å²) in [6.07, 6.45) is 17.0. The van der Waals surface area contributed by atoms with E-state index in [9.17, 15) is 47.9 Å². The summed E-state index contributed by atoms with van der Waals surface area (Å²) >= 11 is 15.6. The van der Waals surface area contributed by atoms with Crippen molar-refractivity contribution in [2.45, 2.75) is 215 Å². The topological polar surface area (TPSA) is 321 Å². The van der Waals surface area contributed by atoms with Crippen LogP contribution in [0.15, 0.2) is 218 Å². The average molecular weight is 2020 g/mol. The second kappa shape index (κ2) is 63.7. The maximum Gasteiger partial charge on any atom is 1.00 e. The van der Waals surface area contributed by atoms with E-state index >= 15 is 0 Å². The van der Waals surface area contributed by atoms with E-state index in [0.717, 1.165) is 78.9 Å². The smallest absolute Gasteiger partial charge is 0.870 e. The molecule has 7 aromatic carbocycles. The molecule has 4 N–H and O–H groups in total. The molecule has 4 aliphatic rings. The molecular weight excluding hydrogens is 1860 g/mol. The Hall–Kier alpha value is -10.2. The molecule has 4 aliphatic heterocycles. The number of ketones is 5. The number of carboxylic acid groups (broad SMARTS) is 1. The first kappa shape index (κ1) is 131. The van der Waals surface area contributed by atoms with Crippen molar-refractivity contribution in [3.63, 3.8) is 0 Å². The van der Waals surface area contributed by atoms with E-state index in [1.165, 1.54) is 57.3 Å². The van der Waals surface area contributed by atoms with Gasteiger partial charge in [0.2, 0.25) is 5.24 Å². The number of methoxy groups -OCH3 is 5. The molecule has 0 spiro atoms. The molecule has 23 nitrogen and oxygen atoms in total. The number of carboxylic acids is 1. The molecule has 770 valence electrons. The largest absolute Gasteiger partial charge is 1.00 e. The van der Waals surface area contributed by atoms with Crippen molar-refractivity contribution in [1.29, 1.82) is 0 Å². The number of nitrogens with zero attached hydrogens (tertiary/aromatic N) is 4. The van der Waals surface area contributed by atoms with Crippen molar-refractivity contribution >= 4 is 91.4 Å². The van der Waals surface area contributed by atoms with Gasteiger partial charge in [-0.3, -0.25) is 47.9 Å². The van der Waals surface area contributed by atoms with Crippen LogP contribution in [0, 0.1) is 45.3 Å². The normalized spacial score (nSPS) is 14.2. The van der Waals surface area contributed by atoms with Crippen molar-refractivity contribution in [1.82, 2.24) is 19.6 Å². The maximum atomic E-state index is 13.1. The van der Waals surface area contributed by atoms with E-state index in [4.69, 9.17) is 68.3 Å². The molecule has 0 fully saturated rings. The zero-order valence-corrected chi connectivity index (χ0v) is 93.4. The quantitative estimate of drug-likeness (QED) is 0.0150. The van der Waals surface area contributed by atoms with Gasteiger partial charge in [0.1, 0.15) is 41.6 Å². The summed E-state index contributed by atoms with van der Waals surface area (Å²) in [5.41, 5.74) is 9.13. The Morgan fingerprint density at radius 3 is 0.837 bits per heavy atom. The minimum Gasteiger partial charge on any atom is -0.870 e. The van der Waals surface area contributed by atoms with E-state index in [-0.39, 0.29) is 105 Å². The summed E-state index contributed by atoms with van der Waals surface area (Å²) in [5.74, 6) is 3.95. The number of benzene rings is 7. The summed E-state index contributed by atoms with van der Waals surface area (Å²) < 4.78 is 29.5. The van der Waals surface area contributed by atoms with E-state index in [1.807, 2.05) is 48.5 Å². The summed E-state index contributed by atoms with van der Waals surface area (Å²) in [5, 5.41) is 6.90. The molecular formula is C114H158Cl3N4NaO19. The first-order valence-corrected chi connectivity index (χ1v) is 48.4. The Balaban J connectivity index is 0.00000158. The predicted molar refractivity (Wildman–Crippen MR) is 565 cm³/mol. The Morgan fingerprint density at radius 1 is 0.362 bits per heavy atom. The summed E-state index contributed by atoms with van der Waals surface area (Å²) in [4.78, 5) is 123. The van der Waals surface area contributed by atoms with Gasteiger partial charge in [0.05, 0.1) is 48.6 Å². The van der Waals surface area contributed by atoms with Gasteiger partial charge in [-0.1, -0.05) is 201 Å². The Kier molecular flexibility index (Phi) is 59.1. The van der Waals surface area contributed by atoms with Crippen LogP contribution in [0.2, 0.25) is 0 Å². The van der Waals surface area contributed by atoms with Crippen LogP contribution >= 0.6 is 34.8 Å². The van der Waals surface area contributed by atoms with Crippen molar-refractivity contribution in [2.24, 2.45) is 45.3 Å². The minimum atomic E-state index is -1.12. The first-order chi connectivity index (χ1) is 64.4. The SMILES string of the molecule is CC(C)(C)c1ccc(C(=O)Cl)cc1.CC(C)CN1C=C(C(=O)c2ccc(C(C)(C)C)cc2)C(C)(C)CC1.CC(C)CN1C=CC(C)(C)CC1.CC(C)CN1C=CC(C)(C)CC1.CCOC(=O)CC(=O)c1ccc(OC)cc1.COc1ccc(C(=O)C2=CN(CC(C)C)CCC2(C)C)cc1.COc1ccc(C(=O)CC(=O)Cl)cc1.COc1ccc(C(=O)CC(=O)O)cc1.COc1ccc(C(=O)Cl)cc1.O.[Na+].[OH-]. The monoisotopic (exact) mass is 2020 g/mol. The zero-order chi connectivity index (χ0) is 104. The van der Waals surface area contributed by atoms with Gasteiger partial charge in [0.15, 0.2) is 28.9 Å². The van der Waals surface area contributed by atoms with Crippen LogP contribution in [0.3, 0.4) is 0 Å². The average Bonchev–Trinajstić information content (AvgIpc) is 0.788. The van der Waals surface area contributed by atoms with Crippen molar-refractivity contribution in [2.75, 3.05) is 94.5 Å². The van der Waals surface area contributed by atoms with Gasteiger partial charge < -0.3 is 64.1 Å². The standard InChI is InChI=1S/C22H33NO.C19H27NO2.C12H14O4.C11H13ClO.2C11H21N.C10H9ClO3.C10H10O4.C8H7ClO2.Na.2H2O/c1-16(2)14-23-13-12-22(6,7)19(15-23)20(24)17-8-10-18(11-9-17)21(3,4)5;1-14(2)12-20-11-10-19(3,4)17(13-20)18(21)15-6-8-16(22-5)9-7-15;1-3-16-12(14)8-11(13)9-4-6-10(15-2)7-5-9;1-11(2,3)9-6-4-8(5-7-9)10(12)13;2*1-10(2)9-12-7-5-11(3,4)6-8-12;1-14-8-4-2-7(3-5-8)9(12)6-10(11)13;1-14-8-4-2-7(3-5-8)9(11)6-10(12)13;1-11-7-4-2-6(3-5-7)8(9)10;;;/h8-11,15-16H,12-14H2,1-7H3;6-9,13-14H,10-12H2,1-5H3;4-7H,3,8H2,1-2H3;4-7H,1-3H3;2*5,7,10H,6,8-9H2,1-4H3;2-5H,6H2,1H3;2-5H,6H2,1H3,(H,12,13);2-5H,1H3;;2*1H2/q;;;;;;;;;+1;;/p-1. The van der Waals surface area contributed by atoms with Crippen molar-refractivity contribution < 1.29 is 122 Å². The van der Waals surface area contributed by atoms with Crippen molar-refractivity contribution in [3.8, 4) is 28.7 Å². The van der Waals surface area contributed by atoms with E-state index in [0.29, 0.717) is 73.5 Å². The molecule has 0 atom stereocenters. The predicted octanol–water partition coefficient (Wildman–Crippen LogP) is 22.0. The van der Waals surface area contributed by atoms with Gasteiger partial charge >= 0.3 is 41.5 Å². The van der Waals surface area contributed by atoms with Gasteiger partial charge in [-0.25, -0.2) is 0 Å². The van der Waals surface area contributed by atoms with Gasteiger partial charge in [0.25, 0.3) is 10.5 Å². The van der Waals surface area contributed by atoms with Gasteiger partial charge in [-0.2, -0.15) is 0 Å². The number of carbonyl (C=O) groups is 10. The molecule has 11 rings (SSSR count). The van der Waals surface area contributed by atoms with Crippen LogP contribution < -0.4 is 53.2 Å². The maximum absolute atomic E-state index is 13.1. The van der Waals surface area contributed by atoms with Crippen LogP contribution in [-0.2, 0) is 30.0 Å². The number of halogens is 3. The second-order valence-corrected chi connectivity index (χ2v) is 42.0. The number of hydrogen-bond acceptors (Lipinski definition) is 21. The molecule has 0 unspecified atom stereocenters. The molecule has 7 aromatic rings. The molecule has 0 saturated carbocycles. The fourth-order valence-electron chi connectivity index (χ4n) is 14.2. The Bertz CT molecular complexity index is 5020. The molecule has 0 bridgehead atoms. The summed E-state index contributed by atoms with van der Waals surface area (Å²) in [6, 6.07) is 49.0. The third-order valence-electron chi connectivity index (χ3n) is 22.7. The summed E-state index contributed by atoms with van der Waals surface area (Å²) in [7, 11) is 7.81. The van der Waals surface area contributed by atoms with Crippen LogP contribution in [-0.4, -0.2) is 187 Å². The van der Waals surface area contributed by atoms with E-state index in [2.05, 4.69) is 221 Å². The fraction of sp³-hybridized carbons (Fsp3) is 0.474. The molecule has 0 radical (unpaired) electrons. The Labute approximate surface area is 878 Å². The number of hydrogen-bond donors (Lipinski definition) is 1. The van der Waals surface area contributed by atoms with E-state index in [1.54, 1.807) is 145 Å². The molecule has 27 heteroatoms. The molecule has 0 saturated heterocycles. The van der Waals surface area contributed by atoms with Gasteiger partial charge in [0, 0.05) is 115 Å². The van der Waals surface area contributed by atoms with Crippen LogP contribution in [0.25, 0.3) is 0 Å². The molecule has 4 heterocycles. The third kappa shape index (κ3) is 50.5. The molecule has 141 heavy (non-hydrogen) atoms. The van der Waals surface area contributed by atoms with Crippen LogP contribution in [0.4, 0.5) is 0 Å². The molecule has 0 amide bonds. The molecule has 0 aliphatic carbocycles. The zero-order valence-electron chi connectivity index (χ0n) is 89.1. The number of allylic oxidation sites excluding steroid dienone is 4. The first-order valence-electron chi connectivity index (χ1n) is 47.3. The van der Waals surface area contributed by atoms with Crippen molar-refractivity contribution in [3.05, 3.63) is 268 Å². The Morgan fingerprint density at radius 2 is 0.603 bits per heavy atom. The number of esters is 1. The van der Waals surface area contributed by atoms with Crippen LogP contribution in [0.5, 0.6) is 28.7 Å². The minimum absolute atomic E-state index is 0.